The summed E-state index contributed by atoms with van der Waals surface area (Å²) in [6, 6.07) is 2.14. The SMILES string of the molecule is CCOCC(Nc1nccc(C)n1)C(C)C. The maximum Gasteiger partial charge on any atom is 0.223 e. The molecule has 1 aromatic heterocycles. The second kappa shape index (κ2) is 6.43. The van der Waals surface area contributed by atoms with Gasteiger partial charge < -0.3 is 10.1 Å². The van der Waals surface area contributed by atoms with E-state index >= 15 is 0 Å². The summed E-state index contributed by atoms with van der Waals surface area (Å²) in [5.74, 6) is 1.16. The van der Waals surface area contributed by atoms with Crippen LogP contribution in [0.2, 0.25) is 0 Å². The maximum atomic E-state index is 5.44. The highest BCUT2D eigenvalue weighted by Gasteiger charge is 2.14. The summed E-state index contributed by atoms with van der Waals surface area (Å²) >= 11 is 0. The predicted molar refractivity (Wildman–Crippen MR) is 65.5 cm³/mol. The zero-order chi connectivity index (χ0) is 12.0. The van der Waals surface area contributed by atoms with E-state index in [1.807, 2.05) is 19.9 Å². The molecule has 0 saturated carbocycles. The quantitative estimate of drug-likeness (QED) is 0.803. The molecule has 0 aliphatic rings. The zero-order valence-electron chi connectivity index (χ0n) is 10.5. The largest absolute Gasteiger partial charge is 0.380 e. The van der Waals surface area contributed by atoms with Gasteiger partial charge in [-0.1, -0.05) is 13.8 Å². The van der Waals surface area contributed by atoms with Crippen LogP contribution in [0.3, 0.4) is 0 Å². The molecule has 4 nitrogen and oxygen atoms in total. The molecule has 1 heterocycles. The molecule has 90 valence electrons. The van der Waals surface area contributed by atoms with E-state index in [0.29, 0.717) is 18.5 Å². The Labute approximate surface area is 97.5 Å². The fourth-order valence-electron chi connectivity index (χ4n) is 1.33. The Morgan fingerprint density at radius 3 is 2.75 bits per heavy atom. The van der Waals surface area contributed by atoms with Gasteiger partial charge in [0.25, 0.3) is 0 Å². The summed E-state index contributed by atoms with van der Waals surface area (Å²) in [6.07, 6.45) is 1.77. The highest BCUT2D eigenvalue weighted by Crippen LogP contribution is 2.09. The first-order chi connectivity index (χ1) is 7.63. The molecule has 0 radical (unpaired) electrons. The molecule has 16 heavy (non-hydrogen) atoms. The number of hydrogen-bond acceptors (Lipinski definition) is 4. The van der Waals surface area contributed by atoms with Gasteiger partial charge in [0.1, 0.15) is 0 Å². The number of nitrogens with one attached hydrogen (secondary N) is 1. The highest BCUT2D eigenvalue weighted by atomic mass is 16.5. The van der Waals surface area contributed by atoms with Gasteiger partial charge in [0.2, 0.25) is 5.95 Å². The maximum absolute atomic E-state index is 5.44. The Morgan fingerprint density at radius 1 is 1.44 bits per heavy atom. The van der Waals surface area contributed by atoms with Crippen LogP contribution in [-0.2, 0) is 4.74 Å². The van der Waals surface area contributed by atoms with Crippen molar-refractivity contribution < 1.29 is 4.74 Å². The Hall–Kier alpha value is -1.16. The van der Waals surface area contributed by atoms with E-state index in [-0.39, 0.29) is 6.04 Å². The minimum atomic E-state index is 0.252. The van der Waals surface area contributed by atoms with Crippen LogP contribution >= 0.6 is 0 Å². The number of aryl methyl sites for hydroxylation is 1. The van der Waals surface area contributed by atoms with Crippen molar-refractivity contribution in [3.8, 4) is 0 Å². The first kappa shape index (κ1) is 12.9. The fraction of sp³-hybridized carbons (Fsp3) is 0.667. The molecular formula is C12H21N3O. The number of nitrogens with zero attached hydrogens (tertiary/aromatic N) is 2. The van der Waals surface area contributed by atoms with Crippen molar-refractivity contribution in [2.45, 2.75) is 33.7 Å². The third kappa shape index (κ3) is 4.14. The van der Waals surface area contributed by atoms with Crippen LogP contribution in [-0.4, -0.2) is 29.2 Å². The molecule has 0 fully saturated rings. The van der Waals surface area contributed by atoms with Gasteiger partial charge >= 0.3 is 0 Å². The molecule has 4 heteroatoms. The number of ether oxygens (including phenoxy) is 1. The van der Waals surface area contributed by atoms with Gasteiger partial charge in [-0.25, -0.2) is 9.97 Å². The molecule has 0 aliphatic heterocycles. The van der Waals surface area contributed by atoms with Crippen molar-refractivity contribution in [3.63, 3.8) is 0 Å². The van der Waals surface area contributed by atoms with Crippen LogP contribution in [0.1, 0.15) is 26.5 Å². The van der Waals surface area contributed by atoms with Crippen molar-refractivity contribution in [2.24, 2.45) is 5.92 Å². The van der Waals surface area contributed by atoms with Crippen LogP contribution in [0.5, 0.6) is 0 Å². The predicted octanol–water partition coefficient (Wildman–Crippen LogP) is 2.26. The van der Waals surface area contributed by atoms with Crippen LogP contribution < -0.4 is 5.32 Å². The fourth-order valence-corrected chi connectivity index (χ4v) is 1.33. The van der Waals surface area contributed by atoms with Crippen molar-refractivity contribution in [2.75, 3.05) is 18.5 Å². The summed E-state index contributed by atoms with van der Waals surface area (Å²) in [5, 5.41) is 3.31. The molecular weight excluding hydrogens is 202 g/mol. The van der Waals surface area contributed by atoms with E-state index in [1.54, 1.807) is 6.20 Å². The Morgan fingerprint density at radius 2 is 2.19 bits per heavy atom. The minimum absolute atomic E-state index is 0.252. The van der Waals surface area contributed by atoms with Gasteiger partial charge in [0, 0.05) is 18.5 Å². The Balaban J connectivity index is 2.60. The van der Waals surface area contributed by atoms with E-state index in [9.17, 15) is 0 Å². The summed E-state index contributed by atoms with van der Waals surface area (Å²) < 4.78 is 5.44. The third-order valence-corrected chi connectivity index (χ3v) is 2.42. The summed E-state index contributed by atoms with van der Waals surface area (Å²) in [6.45, 7) is 9.70. The summed E-state index contributed by atoms with van der Waals surface area (Å²) in [7, 11) is 0. The van der Waals surface area contributed by atoms with Gasteiger partial charge in [-0.15, -0.1) is 0 Å². The van der Waals surface area contributed by atoms with Crippen molar-refractivity contribution in [1.82, 2.24) is 9.97 Å². The zero-order valence-corrected chi connectivity index (χ0v) is 10.5. The lowest BCUT2D eigenvalue weighted by Gasteiger charge is -2.22. The van der Waals surface area contributed by atoms with Crippen molar-refractivity contribution in [3.05, 3.63) is 18.0 Å². The lowest BCUT2D eigenvalue weighted by molar-refractivity contribution is 0.126. The van der Waals surface area contributed by atoms with E-state index in [2.05, 4.69) is 29.1 Å². The number of anilines is 1. The average molecular weight is 223 g/mol. The molecule has 1 unspecified atom stereocenters. The van der Waals surface area contributed by atoms with E-state index in [4.69, 9.17) is 4.74 Å². The van der Waals surface area contributed by atoms with Crippen LogP contribution in [0.4, 0.5) is 5.95 Å². The first-order valence-electron chi connectivity index (χ1n) is 5.77. The molecule has 0 spiro atoms. The lowest BCUT2D eigenvalue weighted by atomic mass is 10.1. The first-order valence-corrected chi connectivity index (χ1v) is 5.77. The van der Waals surface area contributed by atoms with Crippen LogP contribution in [0.15, 0.2) is 12.3 Å². The Kier molecular flexibility index (Phi) is 5.19. The second-order valence-electron chi connectivity index (χ2n) is 4.18. The topological polar surface area (TPSA) is 47.0 Å². The average Bonchev–Trinajstić information content (AvgIpc) is 2.24. The molecule has 1 rings (SSSR count). The van der Waals surface area contributed by atoms with Gasteiger partial charge in [-0.2, -0.15) is 0 Å². The van der Waals surface area contributed by atoms with E-state index in [0.717, 1.165) is 12.3 Å². The van der Waals surface area contributed by atoms with E-state index < -0.39 is 0 Å². The van der Waals surface area contributed by atoms with Crippen molar-refractivity contribution in [1.29, 1.82) is 0 Å². The summed E-state index contributed by atoms with van der Waals surface area (Å²) in [5.41, 5.74) is 0.969. The molecule has 0 amide bonds. The molecule has 0 saturated heterocycles. The summed E-state index contributed by atoms with van der Waals surface area (Å²) in [4.78, 5) is 8.52. The molecule has 0 aromatic carbocycles. The number of aromatic nitrogens is 2. The standard InChI is InChI=1S/C12H21N3O/c1-5-16-8-11(9(2)3)15-12-13-7-6-10(4)14-12/h6-7,9,11H,5,8H2,1-4H3,(H,13,14,15). The van der Waals surface area contributed by atoms with Crippen LogP contribution in [0, 0.1) is 12.8 Å². The molecule has 1 N–H and O–H groups in total. The second-order valence-corrected chi connectivity index (χ2v) is 4.18. The van der Waals surface area contributed by atoms with Gasteiger partial charge in [-0.05, 0) is 25.8 Å². The van der Waals surface area contributed by atoms with Gasteiger partial charge in [0.15, 0.2) is 0 Å². The lowest BCUT2D eigenvalue weighted by Crippen LogP contribution is -2.31. The third-order valence-electron chi connectivity index (χ3n) is 2.42. The molecule has 1 aromatic rings. The normalized spacial score (nSPS) is 12.8. The number of hydrogen-bond donors (Lipinski definition) is 1. The molecule has 0 aliphatic carbocycles. The monoisotopic (exact) mass is 223 g/mol. The van der Waals surface area contributed by atoms with E-state index in [1.165, 1.54) is 0 Å². The number of rotatable bonds is 6. The molecule has 1 atom stereocenters. The van der Waals surface area contributed by atoms with Gasteiger partial charge in [-0.3, -0.25) is 0 Å². The molecule has 0 bridgehead atoms. The smallest absolute Gasteiger partial charge is 0.223 e. The van der Waals surface area contributed by atoms with Crippen molar-refractivity contribution >= 4 is 5.95 Å². The van der Waals surface area contributed by atoms with Gasteiger partial charge in [0.05, 0.1) is 12.6 Å². The van der Waals surface area contributed by atoms with Crippen LogP contribution in [0.25, 0.3) is 0 Å². The highest BCUT2D eigenvalue weighted by molar-refractivity contribution is 5.26. The minimum Gasteiger partial charge on any atom is -0.380 e. The Bertz CT molecular complexity index is 315.